The fourth-order valence-electron chi connectivity index (χ4n) is 2.78. The lowest BCUT2D eigenvalue weighted by atomic mass is 9.84. The molecule has 2 rings (SSSR count). The molecule has 1 aliphatic rings. The summed E-state index contributed by atoms with van der Waals surface area (Å²) in [5.74, 6) is 0. The monoisotopic (exact) mass is 292 g/mol. The average Bonchev–Trinajstić information content (AvgIpc) is 2.44. The smallest absolute Gasteiger partial charge is 0.0535 e. The highest BCUT2D eigenvalue weighted by Crippen LogP contribution is 2.31. The van der Waals surface area contributed by atoms with Crippen molar-refractivity contribution in [1.82, 2.24) is 10.2 Å². The highest BCUT2D eigenvalue weighted by atomic mass is 35.5. The molecule has 0 spiro atoms. The quantitative estimate of drug-likeness (QED) is 0.913. The number of piperazine rings is 1. The second-order valence-electron chi connectivity index (χ2n) is 6.68. The Bertz CT molecular complexity index is 481. The molecular weight excluding hydrogens is 268 g/mol. The third-order valence-corrected chi connectivity index (χ3v) is 4.68. The molecule has 1 aromatic rings. The minimum atomic E-state index is -0.0105. The van der Waals surface area contributed by atoms with Crippen molar-refractivity contribution < 1.29 is 0 Å². The Kier molecular flexibility index (Phi) is 4.58. The molecule has 1 fully saturated rings. The maximum atomic E-state index is 5.85. The van der Waals surface area contributed by atoms with Gasteiger partial charge in [-0.25, -0.2) is 0 Å². The Morgan fingerprint density at radius 3 is 2.55 bits per heavy atom. The summed E-state index contributed by atoms with van der Waals surface area (Å²) in [5, 5.41) is 3.73. The van der Waals surface area contributed by atoms with Gasteiger partial charge in [0, 0.05) is 30.7 Å². The Balaban J connectivity index is 2.24. The molecule has 3 heteroatoms. The zero-order valence-electron chi connectivity index (χ0n) is 12.9. The van der Waals surface area contributed by atoms with E-state index in [4.69, 9.17) is 11.6 Å². The predicted octanol–water partition coefficient (Wildman–Crippen LogP) is 3.73. The van der Waals surface area contributed by atoms with Crippen molar-refractivity contribution >= 4 is 11.6 Å². The van der Waals surface area contributed by atoms with E-state index in [2.05, 4.69) is 68.2 Å². The van der Waals surface area contributed by atoms with Gasteiger partial charge in [-0.05, 0) is 38.8 Å². The summed E-state index contributed by atoms with van der Waals surface area (Å²) in [6.07, 6.45) is 0. The molecule has 110 valence electrons. The highest BCUT2D eigenvalue weighted by molar-refractivity contribution is 6.25. The summed E-state index contributed by atoms with van der Waals surface area (Å²) >= 11 is 5.85. The zero-order chi connectivity index (χ0) is 14.8. The van der Waals surface area contributed by atoms with Crippen molar-refractivity contribution in [2.75, 3.05) is 19.6 Å². The number of benzene rings is 1. The first-order valence-corrected chi connectivity index (χ1v) is 7.62. The van der Waals surface area contributed by atoms with Crippen molar-refractivity contribution in [3.8, 4) is 0 Å². The van der Waals surface area contributed by atoms with Gasteiger partial charge in [0.2, 0.25) is 0 Å². The van der Waals surface area contributed by atoms with Crippen molar-refractivity contribution in [1.29, 1.82) is 0 Å². The van der Waals surface area contributed by atoms with Gasteiger partial charge < -0.3 is 5.32 Å². The molecule has 1 atom stereocenters. The van der Waals surface area contributed by atoms with E-state index in [1.807, 2.05) is 0 Å². The third-order valence-electron chi connectivity index (χ3n) is 4.31. The number of hydrogen-bond acceptors (Lipinski definition) is 2. The number of halogens is 1. The van der Waals surface area contributed by atoms with Crippen LogP contribution in [0, 0.1) is 0 Å². The molecule has 20 heavy (non-hydrogen) atoms. The molecule has 0 saturated carbocycles. The Hall–Kier alpha value is -0.830. The molecule has 0 aliphatic carbocycles. The minimum absolute atomic E-state index is 0.0105. The lowest BCUT2D eigenvalue weighted by Gasteiger charge is -2.51. The van der Waals surface area contributed by atoms with Crippen LogP contribution in [0.4, 0.5) is 0 Å². The van der Waals surface area contributed by atoms with E-state index in [0.717, 1.165) is 19.6 Å². The summed E-state index contributed by atoms with van der Waals surface area (Å²) in [5.41, 5.74) is 4.36. The standard InChI is InChI=1S/C17H25ClN2/c1-14(10-18)11-20-13-17(4,19-12-16(20,2)3)15-8-6-5-7-9-15/h5-10,19H,11-13H2,1-4H3/b14-10-. The van der Waals surface area contributed by atoms with E-state index in [0.29, 0.717) is 0 Å². The largest absolute Gasteiger partial charge is 0.305 e. The Labute approximate surface area is 127 Å². The van der Waals surface area contributed by atoms with Crippen LogP contribution in [0.1, 0.15) is 33.3 Å². The van der Waals surface area contributed by atoms with Crippen LogP contribution in [0.2, 0.25) is 0 Å². The van der Waals surface area contributed by atoms with Crippen LogP contribution < -0.4 is 5.32 Å². The molecule has 1 aromatic carbocycles. The topological polar surface area (TPSA) is 15.3 Å². The summed E-state index contributed by atoms with van der Waals surface area (Å²) in [4.78, 5) is 2.52. The number of nitrogens with zero attached hydrogens (tertiary/aromatic N) is 1. The van der Waals surface area contributed by atoms with Crippen molar-refractivity contribution in [3.63, 3.8) is 0 Å². The molecule has 0 aromatic heterocycles. The molecular formula is C17H25ClN2. The fraction of sp³-hybridized carbons (Fsp3) is 0.529. The molecule has 1 aliphatic heterocycles. The van der Waals surface area contributed by atoms with Gasteiger partial charge in [-0.2, -0.15) is 0 Å². The van der Waals surface area contributed by atoms with Crippen LogP contribution in [0.3, 0.4) is 0 Å². The van der Waals surface area contributed by atoms with Crippen LogP contribution in [-0.4, -0.2) is 30.1 Å². The van der Waals surface area contributed by atoms with Gasteiger partial charge in [0.15, 0.2) is 0 Å². The average molecular weight is 293 g/mol. The van der Waals surface area contributed by atoms with Gasteiger partial charge in [0.1, 0.15) is 0 Å². The van der Waals surface area contributed by atoms with Gasteiger partial charge in [0.25, 0.3) is 0 Å². The van der Waals surface area contributed by atoms with Gasteiger partial charge in [0.05, 0.1) is 5.54 Å². The summed E-state index contributed by atoms with van der Waals surface area (Å²) in [7, 11) is 0. The summed E-state index contributed by atoms with van der Waals surface area (Å²) in [6.45, 7) is 11.8. The number of hydrogen-bond donors (Lipinski definition) is 1. The number of rotatable bonds is 3. The molecule has 0 amide bonds. The van der Waals surface area contributed by atoms with Crippen LogP contribution in [-0.2, 0) is 5.54 Å². The summed E-state index contributed by atoms with van der Waals surface area (Å²) in [6, 6.07) is 10.7. The first-order chi connectivity index (χ1) is 9.37. The number of nitrogens with one attached hydrogen (secondary N) is 1. The molecule has 0 bridgehead atoms. The Morgan fingerprint density at radius 1 is 1.30 bits per heavy atom. The molecule has 1 N–H and O–H groups in total. The third kappa shape index (κ3) is 3.25. The first-order valence-electron chi connectivity index (χ1n) is 7.19. The van der Waals surface area contributed by atoms with Crippen LogP contribution >= 0.6 is 11.6 Å². The fourth-order valence-corrected chi connectivity index (χ4v) is 2.85. The highest BCUT2D eigenvalue weighted by Gasteiger charge is 2.40. The maximum Gasteiger partial charge on any atom is 0.0535 e. The van der Waals surface area contributed by atoms with Gasteiger partial charge in [-0.1, -0.05) is 41.9 Å². The van der Waals surface area contributed by atoms with E-state index in [1.54, 1.807) is 5.54 Å². The van der Waals surface area contributed by atoms with Crippen LogP contribution in [0.25, 0.3) is 0 Å². The van der Waals surface area contributed by atoms with Crippen LogP contribution in [0.15, 0.2) is 41.4 Å². The zero-order valence-corrected chi connectivity index (χ0v) is 13.7. The van der Waals surface area contributed by atoms with Crippen molar-refractivity contribution in [3.05, 3.63) is 47.0 Å². The van der Waals surface area contributed by atoms with E-state index in [9.17, 15) is 0 Å². The lowest BCUT2D eigenvalue weighted by molar-refractivity contribution is 0.0396. The predicted molar refractivity (Wildman–Crippen MR) is 87.1 cm³/mol. The lowest BCUT2D eigenvalue weighted by Crippen LogP contribution is -2.65. The molecule has 1 heterocycles. The van der Waals surface area contributed by atoms with E-state index in [1.165, 1.54) is 11.1 Å². The van der Waals surface area contributed by atoms with E-state index >= 15 is 0 Å². The normalized spacial score (nSPS) is 27.6. The minimum Gasteiger partial charge on any atom is -0.305 e. The van der Waals surface area contributed by atoms with Gasteiger partial charge in [-0.3, -0.25) is 4.90 Å². The second-order valence-corrected chi connectivity index (χ2v) is 6.89. The molecule has 0 radical (unpaired) electrons. The molecule has 1 unspecified atom stereocenters. The van der Waals surface area contributed by atoms with E-state index < -0.39 is 0 Å². The van der Waals surface area contributed by atoms with Crippen LogP contribution in [0.5, 0.6) is 0 Å². The molecule has 2 nitrogen and oxygen atoms in total. The first kappa shape index (κ1) is 15.6. The summed E-state index contributed by atoms with van der Waals surface area (Å²) < 4.78 is 0. The molecule has 1 saturated heterocycles. The maximum absolute atomic E-state index is 5.85. The Morgan fingerprint density at radius 2 is 1.95 bits per heavy atom. The van der Waals surface area contributed by atoms with E-state index in [-0.39, 0.29) is 11.1 Å². The van der Waals surface area contributed by atoms with Gasteiger partial charge in [-0.15, -0.1) is 0 Å². The van der Waals surface area contributed by atoms with Crippen molar-refractivity contribution in [2.24, 2.45) is 0 Å². The van der Waals surface area contributed by atoms with Crippen molar-refractivity contribution in [2.45, 2.75) is 38.8 Å². The SMILES string of the molecule is C/C(=C/Cl)CN1CC(C)(c2ccccc2)NCC1(C)C. The van der Waals surface area contributed by atoms with Gasteiger partial charge >= 0.3 is 0 Å². The second kappa shape index (κ2) is 5.88.